The average molecular weight is 389 g/mol. The smallest absolute Gasteiger partial charge is 0.329 e. The third kappa shape index (κ3) is 2.34. The van der Waals surface area contributed by atoms with Crippen molar-refractivity contribution in [3.63, 3.8) is 0 Å². The highest BCUT2D eigenvalue weighted by atomic mass is 19.1. The summed E-state index contributed by atoms with van der Waals surface area (Å²) in [4.78, 5) is 29.2. The highest BCUT2D eigenvalue weighted by Gasteiger charge is 2.47. The number of nitrogens with zero attached hydrogens (tertiary/aromatic N) is 2. The second-order valence-corrected chi connectivity index (χ2v) is 8.62. The zero-order valence-corrected chi connectivity index (χ0v) is 15.9. The first kappa shape index (κ1) is 17.9. The van der Waals surface area contributed by atoms with Crippen LogP contribution in [0.3, 0.4) is 0 Å². The molecule has 0 spiro atoms. The van der Waals surface area contributed by atoms with Crippen LogP contribution in [-0.2, 0) is 0 Å². The molecule has 2 aliphatic carbocycles. The number of H-pyrrole nitrogens is 1. The predicted octanol–water partition coefficient (Wildman–Crippen LogP) is 0.959. The van der Waals surface area contributed by atoms with E-state index in [1.807, 2.05) is 4.90 Å². The summed E-state index contributed by atoms with van der Waals surface area (Å²) >= 11 is 0. The van der Waals surface area contributed by atoms with Crippen LogP contribution in [-0.4, -0.2) is 45.1 Å². The number of aryl methyl sites for hydroxylation is 2. The van der Waals surface area contributed by atoms with Gasteiger partial charge < -0.3 is 15.1 Å². The van der Waals surface area contributed by atoms with Crippen LogP contribution in [0.4, 0.5) is 10.1 Å². The maximum absolute atomic E-state index is 15.4. The van der Waals surface area contributed by atoms with E-state index in [4.69, 9.17) is 0 Å². The van der Waals surface area contributed by atoms with Crippen molar-refractivity contribution < 1.29 is 14.6 Å². The van der Waals surface area contributed by atoms with Gasteiger partial charge in [0.05, 0.1) is 28.8 Å². The molecule has 150 valence electrons. The van der Waals surface area contributed by atoms with Crippen molar-refractivity contribution >= 4 is 16.6 Å². The molecule has 7 nitrogen and oxygen atoms in total. The molecule has 0 amide bonds. The normalized spacial score (nSPS) is 29.7. The number of aliphatic hydroxyl groups is 2. The van der Waals surface area contributed by atoms with Crippen LogP contribution in [0.2, 0.25) is 0 Å². The summed E-state index contributed by atoms with van der Waals surface area (Å²) in [7, 11) is 0. The number of benzene rings is 1. The number of fused-ring (bicyclic) bond motifs is 2. The van der Waals surface area contributed by atoms with Crippen molar-refractivity contribution in [2.45, 2.75) is 51.4 Å². The Hall–Kier alpha value is -2.19. The van der Waals surface area contributed by atoms with Crippen LogP contribution >= 0.6 is 0 Å². The van der Waals surface area contributed by atoms with E-state index in [2.05, 4.69) is 4.98 Å². The summed E-state index contributed by atoms with van der Waals surface area (Å²) in [5.74, 6) is -0.453. The molecule has 4 atom stereocenters. The lowest BCUT2D eigenvalue weighted by Crippen LogP contribution is -2.33. The summed E-state index contributed by atoms with van der Waals surface area (Å²) in [6, 6.07) is 0.0400. The Balaban J connectivity index is 1.72. The summed E-state index contributed by atoms with van der Waals surface area (Å²) in [5, 5.41) is 20.4. The number of hydrogen-bond acceptors (Lipinski definition) is 5. The van der Waals surface area contributed by atoms with Crippen molar-refractivity contribution in [1.29, 1.82) is 0 Å². The van der Waals surface area contributed by atoms with E-state index in [0.717, 1.165) is 12.8 Å². The van der Waals surface area contributed by atoms with Crippen molar-refractivity contribution in [3.05, 3.63) is 37.8 Å². The monoisotopic (exact) mass is 389 g/mol. The third-order valence-electron chi connectivity index (χ3n) is 6.86. The molecule has 1 aromatic heterocycles. The Morgan fingerprint density at radius 2 is 1.82 bits per heavy atom. The summed E-state index contributed by atoms with van der Waals surface area (Å²) in [5.41, 5.74) is 0.743. The second kappa shape index (κ2) is 5.90. The van der Waals surface area contributed by atoms with Gasteiger partial charge in [-0.25, -0.2) is 9.18 Å². The molecule has 3 N–H and O–H groups in total. The molecule has 2 aromatic rings. The molecule has 2 heterocycles. The maximum atomic E-state index is 15.4. The van der Waals surface area contributed by atoms with E-state index in [1.54, 1.807) is 18.4 Å². The molecule has 3 aliphatic rings. The number of nitrogens with one attached hydrogen (secondary N) is 1. The lowest BCUT2D eigenvalue weighted by atomic mass is 9.99. The quantitative estimate of drug-likeness (QED) is 0.711. The molecule has 28 heavy (non-hydrogen) atoms. The largest absolute Gasteiger partial charge is 0.390 e. The van der Waals surface area contributed by atoms with Crippen molar-refractivity contribution in [2.75, 3.05) is 18.0 Å². The number of anilines is 1. The lowest BCUT2D eigenvalue weighted by Gasteiger charge is -2.26. The topological polar surface area (TPSA) is 98.6 Å². The zero-order chi connectivity index (χ0) is 19.9. The van der Waals surface area contributed by atoms with Gasteiger partial charge in [-0.1, -0.05) is 0 Å². The molecule has 5 rings (SSSR count). The minimum Gasteiger partial charge on any atom is -0.390 e. The van der Waals surface area contributed by atoms with Gasteiger partial charge in [-0.15, -0.1) is 0 Å². The molecule has 8 heteroatoms. The van der Waals surface area contributed by atoms with Gasteiger partial charge >= 0.3 is 5.69 Å². The number of rotatable bonds is 2. The van der Waals surface area contributed by atoms with E-state index >= 15 is 4.39 Å². The first-order valence-electron chi connectivity index (χ1n) is 9.87. The first-order chi connectivity index (χ1) is 13.3. The molecule has 4 unspecified atom stereocenters. The minimum absolute atomic E-state index is 0.0400. The van der Waals surface area contributed by atoms with Crippen molar-refractivity contribution in [3.8, 4) is 0 Å². The average Bonchev–Trinajstić information content (AvgIpc) is 3.33. The zero-order valence-electron chi connectivity index (χ0n) is 15.9. The van der Waals surface area contributed by atoms with E-state index < -0.39 is 29.3 Å². The number of hydrogen-bond donors (Lipinski definition) is 3. The van der Waals surface area contributed by atoms with Gasteiger partial charge in [0, 0.05) is 36.2 Å². The Kier molecular flexibility index (Phi) is 3.77. The highest BCUT2D eigenvalue weighted by molar-refractivity contribution is 5.90. The van der Waals surface area contributed by atoms with Crippen LogP contribution in [0.15, 0.2) is 9.59 Å². The second-order valence-electron chi connectivity index (χ2n) is 8.62. The van der Waals surface area contributed by atoms with Crippen LogP contribution in [0.5, 0.6) is 0 Å². The molecule has 0 radical (unpaired) electrons. The molecular weight excluding hydrogens is 365 g/mol. The van der Waals surface area contributed by atoms with Crippen LogP contribution in [0.25, 0.3) is 10.9 Å². The Morgan fingerprint density at radius 1 is 1.11 bits per heavy atom. The Labute approximate surface area is 160 Å². The Morgan fingerprint density at radius 3 is 2.46 bits per heavy atom. The molecule has 1 aliphatic heterocycles. The van der Waals surface area contributed by atoms with Gasteiger partial charge in [-0.05, 0) is 39.0 Å². The van der Waals surface area contributed by atoms with Gasteiger partial charge in [0.15, 0.2) is 5.82 Å². The van der Waals surface area contributed by atoms with E-state index in [9.17, 15) is 19.8 Å². The molecule has 1 saturated heterocycles. The first-order valence-corrected chi connectivity index (χ1v) is 9.87. The lowest BCUT2D eigenvalue weighted by molar-refractivity contribution is 0.0229. The third-order valence-corrected chi connectivity index (χ3v) is 6.86. The fraction of sp³-hybridized carbons (Fsp3) is 0.600. The fourth-order valence-electron chi connectivity index (χ4n) is 5.34. The minimum atomic E-state index is -0.799. The van der Waals surface area contributed by atoms with Gasteiger partial charge in [0.2, 0.25) is 0 Å². The van der Waals surface area contributed by atoms with Gasteiger partial charge in [0.1, 0.15) is 0 Å². The van der Waals surface area contributed by atoms with E-state index in [1.165, 1.54) is 0 Å². The Bertz CT molecular complexity index is 1100. The summed E-state index contributed by atoms with van der Waals surface area (Å²) < 4.78 is 17.0. The number of aliphatic hydroxyl groups excluding tert-OH is 2. The molecule has 0 bridgehead atoms. The maximum Gasteiger partial charge on any atom is 0.329 e. The van der Waals surface area contributed by atoms with E-state index in [-0.39, 0.29) is 28.8 Å². The number of halogens is 1. The van der Waals surface area contributed by atoms with Crippen molar-refractivity contribution in [2.24, 2.45) is 11.8 Å². The molecule has 2 saturated carbocycles. The summed E-state index contributed by atoms with van der Waals surface area (Å²) in [6.45, 7) is 4.32. The molecular formula is C20H24FN3O4. The highest BCUT2D eigenvalue weighted by Crippen LogP contribution is 2.44. The van der Waals surface area contributed by atoms with Gasteiger partial charge in [0.25, 0.3) is 5.56 Å². The summed E-state index contributed by atoms with van der Waals surface area (Å²) in [6.07, 6.45) is 0.712. The van der Waals surface area contributed by atoms with E-state index in [0.29, 0.717) is 36.3 Å². The van der Waals surface area contributed by atoms with Crippen LogP contribution in [0, 0.1) is 31.5 Å². The SMILES string of the molecule is Cc1c(F)c(N2CC3CC(O)C(O)C3C2)c(C)c2c1c(=O)[nH]c(=O)n2C1CC1. The fourth-order valence-corrected chi connectivity index (χ4v) is 5.34. The van der Waals surface area contributed by atoms with Gasteiger partial charge in [-0.3, -0.25) is 14.3 Å². The molecule has 3 fully saturated rings. The van der Waals surface area contributed by atoms with Crippen LogP contribution in [0.1, 0.15) is 36.4 Å². The number of aromatic nitrogens is 2. The van der Waals surface area contributed by atoms with Gasteiger partial charge in [-0.2, -0.15) is 0 Å². The predicted molar refractivity (Wildman–Crippen MR) is 102 cm³/mol. The standard InChI is InChI=1S/C20H24FN3O4/c1-8-14-16(24(11-3-4-11)20(28)22-19(14)27)9(2)17(15(8)21)23-6-10-5-13(25)18(26)12(10)7-23/h10-13,18,25-26H,3-7H2,1-2H3,(H,22,27,28). The molecule has 1 aromatic carbocycles. The van der Waals surface area contributed by atoms with Crippen molar-refractivity contribution in [1.82, 2.24) is 9.55 Å². The number of aromatic amines is 1. The van der Waals surface area contributed by atoms with Crippen LogP contribution < -0.4 is 16.1 Å².